The number of benzene rings is 1. The van der Waals surface area contributed by atoms with Gasteiger partial charge in [0.1, 0.15) is 0 Å². The van der Waals surface area contributed by atoms with Gasteiger partial charge < -0.3 is 10.1 Å². The zero-order chi connectivity index (χ0) is 10.5. The highest BCUT2D eigenvalue weighted by atomic mass is 35.5. The summed E-state index contributed by atoms with van der Waals surface area (Å²) >= 11 is 5.91. The molecule has 15 heavy (non-hydrogen) atoms. The lowest BCUT2D eigenvalue weighted by molar-refractivity contribution is 0.190. The molecule has 1 fully saturated rings. The van der Waals surface area contributed by atoms with Crippen molar-refractivity contribution in [2.75, 3.05) is 19.8 Å². The van der Waals surface area contributed by atoms with Crippen LogP contribution in [0.3, 0.4) is 0 Å². The molecule has 1 atom stereocenters. The third-order valence-electron chi connectivity index (χ3n) is 2.67. The molecule has 1 saturated heterocycles. The zero-order valence-corrected chi connectivity index (χ0v) is 9.46. The third kappa shape index (κ3) is 3.49. The maximum Gasteiger partial charge on any atom is 0.0620 e. The lowest BCUT2D eigenvalue weighted by Crippen LogP contribution is -2.30. The van der Waals surface area contributed by atoms with Crippen molar-refractivity contribution in [2.24, 2.45) is 0 Å². The van der Waals surface area contributed by atoms with Gasteiger partial charge in [0.2, 0.25) is 0 Å². The number of nitrogens with one attached hydrogen (secondary N) is 1. The number of halogens is 1. The molecule has 0 amide bonds. The van der Waals surface area contributed by atoms with Crippen LogP contribution in [0.5, 0.6) is 0 Å². The molecule has 1 N–H and O–H groups in total. The minimum absolute atomic E-state index is 0.546. The van der Waals surface area contributed by atoms with Gasteiger partial charge in [-0.15, -0.1) is 0 Å². The van der Waals surface area contributed by atoms with Gasteiger partial charge in [0.25, 0.3) is 0 Å². The summed E-state index contributed by atoms with van der Waals surface area (Å²) in [4.78, 5) is 0. The van der Waals surface area contributed by atoms with Crippen LogP contribution in [0.25, 0.3) is 0 Å². The van der Waals surface area contributed by atoms with Crippen LogP contribution in [0.15, 0.2) is 24.3 Å². The zero-order valence-electron chi connectivity index (χ0n) is 8.71. The van der Waals surface area contributed by atoms with Crippen molar-refractivity contribution in [3.63, 3.8) is 0 Å². The maximum absolute atomic E-state index is 5.91. The Morgan fingerprint density at radius 1 is 1.47 bits per heavy atom. The second kappa shape index (κ2) is 5.50. The van der Waals surface area contributed by atoms with Gasteiger partial charge in [-0.1, -0.05) is 23.7 Å². The summed E-state index contributed by atoms with van der Waals surface area (Å²) in [5.74, 6) is 0. The van der Waals surface area contributed by atoms with Crippen LogP contribution in [-0.2, 0) is 11.2 Å². The molecule has 1 aromatic carbocycles. The fraction of sp³-hybridized carbons (Fsp3) is 0.500. The normalized spacial score (nSPS) is 20.7. The summed E-state index contributed by atoms with van der Waals surface area (Å²) in [5, 5.41) is 4.30. The molecule has 2 rings (SSSR count). The van der Waals surface area contributed by atoms with E-state index in [1.165, 1.54) is 5.56 Å². The summed E-state index contributed by atoms with van der Waals surface area (Å²) in [6.45, 7) is 2.75. The van der Waals surface area contributed by atoms with E-state index in [2.05, 4.69) is 11.4 Å². The average Bonchev–Trinajstić information content (AvgIpc) is 2.71. The monoisotopic (exact) mass is 225 g/mol. The fourth-order valence-corrected chi connectivity index (χ4v) is 2.02. The van der Waals surface area contributed by atoms with Crippen molar-refractivity contribution in [3.8, 4) is 0 Å². The van der Waals surface area contributed by atoms with E-state index >= 15 is 0 Å². The standard InChI is InChI=1S/C12H16ClNO/c13-11-3-1-2-10(8-11)4-6-14-12-5-7-15-9-12/h1-3,8,12,14H,4-7,9H2. The van der Waals surface area contributed by atoms with E-state index in [1.807, 2.05) is 18.2 Å². The Morgan fingerprint density at radius 3 is 3.13 bits per heavy atom. The van der Waals surface area contributed by atoms with E-state index in [-0.39, 0.29) is 0 Å². The average molecular weight is 226 g/mol. The molecular weight excluding hydrogens is 210 g/mol. The van der Waals surface area contributed by atoms with Crippen LogP contribution in [-0.4, -0.2) is 25.8 Å². The summed E-state index contributed by atoms with van der Waals surface area (Å²) in [6.07, 6.45) is 2.16. The van der Waals surface area contributed by atoms with E-state index in [0.717, 1.165) is 37.6 Å². The molecule has 0 saturated carbocycles. The number of rotatable bonds is 4. The van der Waals surface area contributed by atoms with Gasteiger partial charge in [-0.3, -0.25) is 0 Å². The van der Waals surface area contributed by atoms with Crippen molar-refractivity contribution in [1.29, 1.82) is 0 Å². The Labute approximate surface area is 95.6 Å². The van der Waals surface area contributed by atoms with Crippen molar-refractivity contribution < 1.29 is 4.74 Å². The Morgan fingerprint density at radius 2 is 2.40 bits per heavy atom. The lowest BCUT2D eigenvalue weighted by atomic mass is 10.1. The first-order valence-electron chi connectivity index (χ1n) is 5.40. The molecule has 1 aliphatic heterocycles. The first-order chi connectivity index (χ1) is 7.34. The summed E-state index contributed by atoms with van der Waals surface area (Å²) in [7, 11) is 0. The van der Waals surface area contributed by atoms with Gasteiger partial charge >= 0.3 is 0 Å². The smallest absolute Gasteiger partial charge is 0.0620 e. The summed E-state index contributed by atoms with van der Waals surface area (Å²) < 4.78 is 5.30. The van der Waals surface area contributed by atoms with Crippen LogP contribution in [0.1, 0.15) is 12.0 Å². The molecule has 0 bridgehead atoms. The molecular formula is C12H16ClNO. The predicted molar refractivity (Wildman–Crippen MR) is 62.4 cm³/mol. The molecule has 1 heterocycles. The molecule has 1 unspecified atom stereocenters. The van der Waals surface area contributed by atoms with E-state index in [4.69, 9.17) is 16.3 Å². The molecule has 0 aliphatic carbocycles. The summed E-state index contributed by atoms with van der Waals surface area (Å²) in [6, 6.07) is 8.58. The van der Waals surface area contributed by atoms with Crippen LogP contribution in [0, 0.1) is 0 Å². The first-order valence-corrected chi connectivity index (χ1v) is 5.78. The van der Waals surface area contributed by atoms with E-state index < -0.39 is 0 Å². The minimum Gasteiger partial charge on any atom is -0.380 e. The highest BCUT2D eigenvalue weighted by molar-refractivity contribution is 6.30. The molecule has 0 aromatic heterocycles. The van der Waals surface area contributed by atoms with Gasteiger partial charge in [-0.2, -0.15) is 0 Å². The van der Waals surface area contributed by atoms with Crippen LogP contribution >= 0.6 is 11.6 Å². The fourth-order valence-electron chi connectivity index (χ4n) is 1.81. The Hall–Kier alpha value is -0.570. The van der Waals surface area contributed by atoms with E-state index in [0.29, 0.717) is 6.04 Å². The predicted octanol–water partition coefficient (Wildman–Crippen LogP) is 2.26. The van der Waals surface area contributed by atoms with E-state index in [1.54, 1.807) is 0 Å². The molecule has 1 aliphatic rings. The quantitative estimate of drug-likeness (QED) is 0.849. The van der Waals surface area contributed by atoms with Crippen molar-refractivity contribution in [2.45, 2.75) is 18.9 Å². The molecule has 0 spiro atoms. The van der Waals surface area contributed by atoms with Crippen molar-refractivity contribution in [1.82, 2.24) is 5.32 Å². The second-order valence-corrected chi connectivity index (χ2v) is 4.33. The SMILES string of the molecule is Clc1cccc(CCNC2CCOC2)c1. The van der Waals surface area contributed by atoms with Gasteiger partial charge in [-0.25, -0.2) is 0 Å². The van der Waals surface area contributed by atoms with Gasteiger partial charge in [0, 0.05) is 17.7 Å². The largest absolute Gasteiger partial charge is 0.380 e. The maximum atomic E-state index is 5.91. The topological polar surface area (TPSA) is 21.3 Å². The Balaban J connectivity index is 1.73. The summed E-state index contributed by atoms with van der Waals surface area (Å²) in [5.41, 5.74) is 1.29. The van der Waals surface area contributed by atoms with Gasteiger partial charge in [-0.05, 0) is 37.1 Å². The third-order valence-corrected chi connectivity index (χ3v) is 2.90. The Kier molecular flexibility index (Phi) is 4.01. The first kappa shape index (κ1) is 10.9. The number of ether oxygens (including phenoxy) is 1. The molecule has 2 nitrogen and oxygen atoms in total. The molecule has 82 valence electrons. The van der Waals surface area contributed by atoms with Gasteiger partial charge in [0.05, 0.1) is 6.61 Å². The van der Waals surface area contributed by atoms with Crippen molar-refractivity contribution in [3.05, 3.63) is 34.9 Å². The lowest BCUT2D eigenvalue weighted by Gasteiger charge is -2.10. The molecule has 1 aromatic rings. The molecule has 0 radical (unpaired) electrons. The highest BCUT2D eigenvalue weighted by Crippen LogP contribution is 2.11. The van der Waals surface area contributed by atoms with E-state index in [9.17, 15) is 0 Å². The number of hydrogen-bond donors (Lipinski definition) is 1. The second-order valence-electron chi connectivity index (χ2n) is 3.89. The minimum atomic E-state index is 0.546. The Bertz CT molecular complexity index is 310. The highest BCUT2D eigenvalue weighted by Gasteiger charge is 2.13. The van der Waals surface area contributed by atoms with Crippen LogP contribution in [0.2, 0.25) is 5.02 Å². The number of hydrogen-bond acceptors (Lipinski definition) is 2. The van der Waals surface area contributed by atoms with Crippen LogP contribution < -0.4 is 5.32 Å². The van der Waals surface area contributed by atoms with Gasteiger partial charge in [0.15, 0.2) is 0 Å². The van der Waals surface area contributed by atoms with Crippen LogP contribution in [0.4, 0.5) is 0 Å². The van der Waals surface area contributed by atoms with Crippen molar-refractivity contribution >= 4 is 11.6 Å². The molecule has 3 heteroatoms.